The molecule has 6 nitrogen and oxygen atoms in total. The van der Waals surface area contributed by atoms with E-state index < -0.39 is 4.92 Å². The molecule has 1 aliphatic rings. The molecule has 0 aromatic heterocycles. The molecule has 24 heavy (non-hydrogen) atoms. The SMILES string of the molecule is CCC1CCC(NC(=O)CCCNc2ccc([N+](=O)[O-])cc2)CC1. The van der Waals surface area contributed by atoms with Crippen LogP contribution in [0.1, 0.15) is 51.9 Å². The lowest BCUT2D eigenvalue weighted by Gasteiger charge is -2.28. The van der Waals surface area contributed by atoms with E-state index in [1.165, 1.54) is 31.4 Å². The maximum absolute atomic E-state index is 12.0. The van der Waals surface area contributed by atoms with E-state index in [4.69, 9.17) is 0 Å². The molecule has 0 aliphatic heterocycles. The van der Waals surface area contributed by atoms with E-state index in [-0.39, 0.29) is 11.6 Å². The van der Waals surface area contributed by atoms with Crippen LogP contribution < -0.4 is 10.6 Å². The van der Waals surface area contributed by atoms with Gasteiger partial charge in [0.25, 0.3) is 5.69 Å². The molecule has 0 heterocycles. The van der Waals surface area contributed by atoms with Crippen LogP contribution in [-0.4, -0.2) is 23.4 Å². The Hall–Kier alpha value is -2.11. The minimum absolute atomic E-state index is 0.0812. The molecule has 0 bridgehead atoms. The molecular formula is C18H27N3O3. The van der Waals surface area contributed by atoms with Crippen molar-refractivity contribution in [3.63, 3.8) is 0 Å². The Labute approximate surface area is 143 Å². The van der Waals surface area contributed by atoms with Crippen molar-refractivity contribution in [2.24, 2.45) is 5.92 Å². The lowest BCUT2D eigenvalue weighted by atomic mass is 9.84. The van der Waals surface area contributed by atoms with E-state index in [0.717, 1.165) is 30.9 Å². The molecule has 0 radical (unpaired) electrons. The number of nitro benzene ring substituents is 1. The number of nitro groups is 1. The van der Waals surface area contributed by atoms with Gasteiger partial charge in [0, 0.05) is 36.8 Å². The molecule has 132 valence electrons. The minimum atomic E-state index is -0.415. The molecule has 1 aliphatic carbocycles. The van der Waals surface area contributed by atoms with Gasteiger partial charge in [-0.25, -0.2) is 0 Å². The van der Waals surface area contributed by atoms with Gasteiger partial charge in [-0.3, -0.25) is 14.9 Å². The molecule has 2 N–H and O–H groups in total. The van der Waals surface area contributed by atoms with Crippen LogP contribution in [0.3, 0.4) is 0 Å². The fourth-order valence-corrected chi connectivity index (χ4v) is 3.20. The second-order valence-electron chi connectivity index (χ2n) is 6.53. The smallest absolute Gasteiger partial charge is 0.269 e. The first-order chi connectivity index (χ1) is 11.6. The number of anilines is 1. The molecule has 1 aromatic rings. The molecule has 0 saturated heterocycles. The van der Waals surface area contributed by atoms with Gasteiger partial charge in [0.05, 0.1) is 4.92 Å². The summed E-state index contributed by atoms with van der Waals surface area (Å²) in [6.07, 6.45) is 7.15. The van der Waals surface area contributed by atoms with E-state index in [0.29, 0.717) is 19.0 Å². The summed E-state index contributed by atoms with van der Waals surface area (Å²) in [5, 5.41) is 16.9. The Morgan fingerprint density at radius 1 is 1.21 bits per heavy atom. The highest BCUT2D eigenvalue weighted by molar-refractivity contribution is 5.76. The van der Waals surface area contributed by atoms with Gasteiger partial charge in [-0.1, -0.05) is 13.3 Å². The van der Waals surface area contributed by atoms with Gasteiger partial charge in [-0.05, 0) is 50.2 Å². The third-order valence-corrected chi connectivity index (χ3v) is 4.78. The predicted octanol–water partition coefficient (Wildman–Crippen LogP) is 3.87. The zero-order valence-electron chi connectivity index (χ0n) is 14.3. The van der Waals surface area contributed by atoms with Crippen molar-refractivity contribution in [2.45, 2.75) is 57.9 Å². The van der Waals surface area contributed by atoms with Crippen LogP contribution in [0.15, 0.2) is 24.3 Å². The van der Waals surface area contributed by atoms with E-state index in [1.54, 1.807) is 12.1 Å². The lowest BCUT2D eigenvalue weighted by molar-refractivity contribution is -0.384. The summed E-state index contributed by atoms with van der Waals surface area (Å²) in [5.74, 6) is 0.962. The molecule has 1 amide bonds. The van der Waals surface area contributed by atoms with E-state index in [9.17, 15) is 14.9 Å². The summed E-state index contributed by atoms with van der Waals surface area (Å²) in [5.41, 5.74) is 0.914. The third kappa shape index (κ3) is 5.83. The largest absolute Gasteiger partial charge is 0.385 e. The normalized spacial score (nSPS) is 20.4. The summed E-state index contributed by atoms with van der Waals surface area (Å²) in [7, 11) is 0. The van der Waals surface area contributed by atoms with Gasteiger partial charge >= 0.3 is 0 Å². The van der Waals surface area contributed by atoms with Crippen LogP contribution in [0.25, 0.3) is 0 Å². The fraction of sp³-hybridized carbons (Fsp3) is 0.611. The standard InChI is InChI=1S/C18H27N3O3/c1-2-14-5-7-16(8-6-14)20-18(22)4-3-13-19-15-9-11-17(12-10-15)21(23)24/h9-12,14,16,19H,2-8,13H2,1H3,(H,20,22). The van der Waals surface area contributed by atoms with Gasteiger partial charge in [-0.15, -0.1) is 0 Å². The van der Waals surface area contributed by atoms with Gasteiger partial charge in [-0.2, -0.15) is 0 Å². The van der Waals surface area contributed by atoms with Crippen LogP contribution in [0, 0.1) is 16.0 Å². The number of benzene rings is 1. The average molecular weight is 333 g/mol. The summed E-state index contributed by atoms with van der Waals surface area (Å²) < 4.78 is 0. The van der Waals surface area contributed by atoms with Crippen molar-refractivity contribution >= 4 is 17.3 Å². The van der Waals surface area contributed by atoms with Gasteiger partial charge in [0.1, 0.15) is 0 Å². The molecule has 1 fully saturated rings. The second kappa shape index (κ2) is 9.25. The number of carbonyl (C=O) groups is 1. The molecule has 2 rings (SSSR count). The van der Waals surface area contributed by atoms with Crippen molar-refractivity contribution < 1.29 is 9.72 Å². The molecule has 0 spiro atoms. The quantitative estimate of drug-likeness (QED) is 0.430. The van der Waals surface area contributed by atoms with Crippen LogP contribution in [-0.2, 0) is 4.79 Å². The zero-order chi connectivity index (χ0) is 17.4. The highest BCUT2D eigenvalue weighted by Gasteiger charge is 2.20. The Bertz CT molecular complexity index is 537. The summed E-state index contributed by atoms with van der Waals surface area (Å²) in [6.45, 7) is 2.91. The number of amides is 1. The maximum atomic E-state index is 12.0. The minimum Gasteiger partial charge on any atom is -0.385 e. The fourth-order valence-electron chi connectivity index (χ4n) is 3.20. The molecule has 1 saturated carbocycles. The lowest BCUT2D eigenvalue weighted by Crippen LogP contribution is -2.37. The molecule has 0 unspecified atom stereocenters. The summed E-state index contributed by atoms with van der Waals surface area (Å²) in [6, 6.07) is 6.67. The summed E-state index contributed by atoms with van der Waals surface area (Å²) >= 11 is 0. The van der Waals surface area contributed by atoms with E-state index in [1.807, 2.05) is 0 Å². The first kappa shape index (κ1) is 18.2. The average Bonchev–Trinajstić information content (AvgIpc) is 2.60. The molecule has 0 atom stereocenters. The second-order valence-corrected chi connectivity index (χ2v) is 6.53. The van der Waals surface area contributed by atoms with Gasteiger partial charge in [0.15, 0.2) is 0 Å². The zero-order valence-corrected chi connectivity index (χ0v) is 14.3. The van der Waals surface area contributed by atoms with Crippen LogP contribution in [0.5, 0.6) is 0 Å². The molecule has 1 aromatic carbocycles. The van der Waals surface area contributed by atoms with E-state index >= 15 is 0 Å². The highest BCUT2D eigenvalue weighted by Crippen LogP contribution is 2.26. The van der Waals surface area contributed by atoms with Crippen LogP contribution in [0.4, 0.5) is 11.4 Å². The first-order valence-corrected chi connectivity index (χ1v) is 8.86. The molecule has 6 heteroatoms. The van der Waals surface area contributed by atoms with Crippen molar-refractivity contribution in [3.05, 3.63) is 34.4 Å². The number of hydrogen-bond donors (Lipinski definition) is 2. The Morgan fingerprint density at radius 3 is 2.46 bits per heavy atom. The van der Waals surface area contributed by atoms with Crippen molar-refractivity contribution in [1.82, 2.24) is 5.32 Å². The third-order valence-electron chi connectivity index (χ3n) is 4.78. The van der Waals surface area contributed by atoms with Crippen LogP contribution >= 0.6 is 0 Å². The monoisotopic (exact) mass is 333 g/mol. The number of hydrogen-bond acceptors (Lipinski definition) is 4. The number of rotatable bonds is 8. The Balaban J connectivity index is 1.60. The summed E-state index contributed by atoms with van der Waals surface area (Å²) in [4.78, 5) is 22.2. The topological polar surface area (TPSA) is 84.3 Å². The molecular weight excluding hydrogens is 306 g/mol. The van der Waals surface area contributed by atoms with Crippen molar-refractivity contribution in [2.75, 3.05) is 11.9 Å². The van der Waals surface area contributed by atoms with Crippen molar-refractivity contribution in [1.29, 1.82) is 0 Å². The van der Waals surface area contributed by atoms with Gasteiger partial charge < -0.3 is 10.6 Å². The van der Waals surface area contributed by atoms with Crippen LogP contribution in [0.2, 0.25) is 0 Å². The van der Waals surface area contributed by atoms with Gasteiger partial charge in [0.2, 0.25) is 5.91 Å². The number of carbonyl (C=O) groups excluding carboxylic acids is 1. The Kier molecular flexibility index (Phi) is 7.03. The van der Waals surface area contributed by atoms with E-state index in [2.05, 4.69) is 17.6 Å². The maximum Gasteiger partial charge on any atom is 0.269 e. The highest BCUT2D eigenvalue weighted by atomic mass is 16.6. The number of nitrogens with one attached hydrogen (secondary N) is 2. The Morgan fingerprint density at radius 2 is 1.88 bits per heavy atom. The van der Waals surface area contributed by atoms with Crippen molar-refractivity contribution in [3.8, 4) is 0 Å². The predicted molar refractivity (Wildman–Crippen MR) is 95.0 cm³/mol. The first-order valence-electron chi connectivity index (χ1n) is 8.86. The number of nitrogens with zero attached hydrogens (tertiary/aromatic N) is 1. The number of non-ortho nitro benzene ring substituents is 1.